The highest BCUT2D eigenvalue weighted by molar-refractivity contribution is 5.85. The molecule has 14 heavy (non-hydrogen) atoms. The molecule has 1 rings (SSSR count). The summed E-state index contributed by atoms with van der Waals surface area (Å²) in [5, 5.41) is 12.2. The maximum atomic E-state index is 10.9. The summed E-state index contributed by atoms with van der Waals surface area (Å²) in [5.41, 5.74) is 0.395. The van der Waals surface area contributed by atoms with Crippen molar-refractivity contribution in [2.24, 2.45) is 0 Å². The van der Waals surface area contributed by atoms with Crippen LogP contribution in [-0.4, -0.2) is 42.2 Å². The van der Waals surface area contributed by atoms with Crippen molar-refractivity contribution in [3.63, 3.8) is 0 Å². The van der Waals surface area contributed by atoms with Crippen molar-refractivity contribution >= 4 is 5.97 Å². The Morgan fingerprint density at radius 3 is 2.64 bits per heavy atom. The number of aliphatic carboxylic acids is 1. The molecule has 0 saturated carbocycles. The maximum Gasteiger partial charge on any atom is 0.351 e. The van der Waals surface area contributed by atoms with Gasteiger partial charge in [-0.1, -0.05) is 6.08 Å². The van der Waals surface area contributed by atoms with Crippen molar-refractivity contribution in [1.82, 2.24) is 10.2 Å². The van der Waals surface area contributed by atoms with E-state index in [4.69, 9.17) is 5.11 Å². The van der Waals surface area contributed by atoms with Gasteiger partial charge in [-0.25, -0.2) is 4.79 Å². The SMILES string of the molecule is C=CC/C=C(\C(=O)O)N1CCNCC1. The van der Waals surface area contributed by atoms with Gasteiger partial charge in [-0.05, 0) is 12.5 Å². The second kappa shape index (κ2) is 5.44. The van der Waals surface area contributed by atoms with Gasteiger partial charge in [0, 0.05) is 26.2 Å². The van der Waals surface area contributed by atoms with Gasteiger partial charge in [-0.15, -0.1) is 6.58 Å². The minimum Gasteiger partial charge on any atom is -0.477 e. The van der Waals surface area contributed by atoms with E-state index in [1.807, 2.05) is 4.90 Å². The van der Waals surface area contributed by atoms with Gasteiger partial charge in [-0.2, -0.15) is 0 Å². The molecule has 2 N–H and O–H groups in total. The lowest BCUT2D eigenvalue weighted by Gasteiger charge is -2.29. The van der Waals surface area contributed by atoms with E-state index >= 15 is 0 Å². The first kappa shape index (κ1) is 10.8. The summed E-state index contributed by atoms with van der Waals surface area (Å²) in [6.07, 6.45) is 4.01. The topological polar surface area (TPSA) is 52.6 Å². The molecule has 0 spiro atoms. The second-order valence-electron chi connectivity index (χ2n) is 3.16. The average Bonchev–Trinajstić information content (AvgIpc) is 2.19. The lowest BCUT2D eigenvalue weighted by molar-refractivity contribution is -0.134. The van der Waals surface area contributed by atoms with Crippen LogP contribution in [0.25, 0.3) is 0 Å². The first-order valence-electron chi connectivity index (χ1n) is 4.75. The Labute approximate surface area is 83.9 Å². The third kappa shape index (κ3) is 2.88. The number of carboxylic acids is 1. The van der Waals surface area contributed by atoms with Gasteiger partial charge in [0.05, 0.1) is 0 Å². The van der Waals surface area contributed by atoms with E-state index in [-0.39, 0.29) is 0 Å². The van der Waals surface area contributed by atoms with Crippen LogP contribution in [-0.2, 0) is 4.79 Å². The normalized spacial score (nSPS) is 18.0. The Morgan fingerprint density at radius 2 is 2.14 bits per heavy atom. The van der Waals surface area contributed by atoms with Crippen LogP contribution < -0.4 is 5.32 Å². The molecule has 0 unspecified atom stereocenters. The minimum atomic E-state index is -0.853. The fourth-order valence-electron chi connectivity index (χ4n) is 1.45. The van der Waals surface area contributed by atoms with Crippen LogP contribution in [0.3, 0.4) is 0 Å². The number of carbonyl (C=O) groups is 1. The van der Waals surface area contributed by atoms with Crippen molar-refractivity contribution in [1.29, 1.82) is 0 Å². The number of hydrogen-bond donors (Lipinski definition) is 2. The number of nitrogens with one attached hydrogen (secondary N) is 1. The molecular formula is C10H16N2O2. The Bertz CT molecular complexity index is 243. The van der Waals surface area contributed by atoms with Crippen molar-refractivity contribution in [3.8, 4) is 0 Å². The van der Waals surface area contributed by atoms with E-state index in [0.717, 1.165) is 26.2 Å². The molecule has 4 nitrogen and oxygen atoms in total. The smallest absolute Gasteiger partial charge is 0.351 e. The summed E-state index contributed by atoms with van der Waals surface area (Å²) in [5.74, 6) is -0.853. The van der Waals surface area contributed by atoms with Crippen molar-refractivity contribution < 1.29 is 9.90 Å². The summed E-state index contributed by atoms with van der Waals surface area (Å²) in [7, 11) is 0. The minimum absolute atomic E-state index is 0.395. The van der Waals surface area contributed by atoms with E-state index in [9.17, 15) is 4.79 Å². The standard InChI is InChI=1S/C10H16N2O2/c1-2-3-4-9(10(13)14)12-7-5-11-6-8-12/h2,4,11H,1,3,5-8H2,(H,13,14)/b9-4+. The second-order valence-corrected chi connectivity index (χ2v) is 3.16. The maximum absolute atomic E-state index is 10.9. The van der Waals surface area contributed by atoms with E-state index in [0.29, 0.717) is 12.1 Å². The quantitative estimate of drug-likeness (QED) is 0.506. The highest BCUT2D eigenvalue weighted by atomic mass is 16.4. The van der Waals surface area contributed by atoms with Gasteiger partial charge in [0.2, 0.25) is 0 Å². The Kier molecular flexibility index (Phi) is 4.19. The van der Waals surface area contributed by atoms with E-state index < -0.39 is 5.97 Å². The zero-order valence-corrected chi connectivity index (χ0v) is 8.20. The molecule has 1 fully saturated rings. The number of hydrogen-bond acceptors (Lipinski definition) is 3. The highest BCUT2D eigenvalue weighted by Gasteiger charge is 2.17. The van der Waals surface area contributed by atoms with Crippen LogP contribution in [0.1, 0.15) is 6.42 Å². The predicted octanol–water partition coefficient (Wildman–Crippen LogP) is 0.436. The summed E-state index contributed by atoms with van der Waals surface area (Å²) in [6.45, 7) is 6.78. The number of piperazine rings is 1. The molecule has 0 atom stereocenters. The lowest BCUT2D eigenvalue weighted by Crippen LogP contribution is -2.44. The molecule has 0 aromatic heterocycles. The summed E-state index contributed by atoms with van der Waals surface area (Å²) < 4.78 is 0. The van der Waals surface area contributed by atoms with Gasteiger partial charge in [0.1, 0.15) is 5.70 Å². The van der Waals surface area contributed by atoms with Gasteiger partial charge in [0.25, 0.3) is 0 Å². The van der Waals surface area contributed by atoms with Gasteiger partial charge < -0.3 is 15.3 Å². The molecule has 1 aliphatic rings. The molecular weight excluding hydrogens is 180 g/mol. The van der Waals surface area contributed by atoms with Crippen LogP contribution in [0, 0.1) is 0 Å². The first-order valence-corrected chi connectivity index (χ1v) is 4.75. The molecule has 0 aromatic rings. The van der Waals surface area contributed by atoms with Crippen molar-refractivity contribution in [2.45, 2.75) is 6.42 Å². The monoisotopic (exact) mass is 196 g/mol. The molecule has 1 heterocycles. The van der Waals surface area contributed by atoms with Crippen molar-refractivity contribution in [2.75, 3.05) is 26.2 Å². The molecule has 4 heteroatoms. The van der Waals surface area contributed by atoms with Crippen LogP contribution in [0.2, 0.25) is 0 Å². The van der Waals surface area contributed by atoms with Gasteiger partial charge in [0.15, 0.2) is 0 Å². The van der Waals surface area contributed by atoms with Gasteiger partial charge in [-0.3, -0.25) is 0 Å². The number of allylic oxidation sites excluding steroid dienone is 2. The summed E-state index contributed by atoms with van der Waals surface area (Å²) >= 11 is 0. The van der Waals surface area contributed by atoms with Crippen LogP contribution in [0.5, 0.6) is 0 Å². The first-order chi connectivity index (χ1) is 6.75. The Hall–Kier alpha value is -1.29. The van der Waals surface area contributed by atoms with Crippen LogP contribution in [0.4, 0.5) is 0 Å². The molecule has 0 aromatic carbocycles. The van der Waals surface area contributed by atoms with E-state index in [2.05, 4.69) is 11.9 Å². The molecule has 0 bridgehead atoms. The number of rotatable bonds is 4. The predicted molar refractivity (Wildman–Crippen MR) is 55.0 cm³/mol. The van der Waals surface area contributed by atoms with E-state index in [1.165, 1.54) is 0 Å². The van der Waals surface area contributed by atoms with Crippen LogP contribution >= 0.6 is 0 Å². The molecule has 78 valence electrons. The Balaban J connectivity index is 2.65. The van der Waals surface area contributed by atoms with Crippen molar-refractivity contribution in [3.05, 3.63) is 24.4 Å². The highest BCUT2D eigenvalue weighted by Crippen LogP contribution is 2.07. The molecule has 0 aliphatic carbocycles. The molecule has 1 saturated heterocycles. The van der Waals surface area contributed by atoms with Crippen LogP contribution in [0.15, 0.2) is 24.4 Å². The third-order valence-electron chi connectivity index (χ3n) is 2.15. The average molecular weight is 196 g/mol. The zero-order valence-electron chi connectivity index (χ0n) is 8.20. The molecule has 0 radical (unpaired) electrons. The number of carboxylic acid groups (broad SMARTS) is 1. The van der Waals surface area contributed by atoms with Gasteiger partial charge >= 0.3 is 5.97 Å². The fourth-order valence-corrected chi connectivity index (χ4v) is 1.45. The number of nitrogens with zero attached hydrogens (tertiary/aromatic N) is 1. The zero-order chi connectivity index (χ0) is 10.4. The Morgan fingerprint density at radius 1 is 1.50 bits per heavy atom. The lowest BCUT2D eigenvalue weighted by atomic mass is 10.2. The molecule has 1 aliphatic heterocycles. The molecule has 0 amide bonds. The largest absolute Gasteiger partial charge is 0.477 e. The fraction of sp³-hybridized carbons (Fsp3) is 0.500. The van der Waals surface area contributed by atoms with E-state index in [1.54, 1.807) is 12.2 Å². The summed E-state index contributed by atoms with van der Waals surface area (Å²) in [6, 6.07) is 0. The summed E-state index contributed by atoms with van der Waals surface area (Å²) in [4.78, 5) is 12.8. The third-order valence-corrected chi connectivity index (χ3v) is 2.15.